The summed E-state index contributed by atoms with van der Waals surface area (Å²) in [6, 6.07) is 0.772. The molecular formula is C14H25NaO9Si. The SMILES string of the molecule is COCOC(COC(=O)OCC[Si](C)(C)C)[C@@H](O)CC(=O)C(=O)[O-].[Na+]. The summed E-state index contributed by atoms with van der Waals surface area (Å²) in [6.45, 7) is 5.94. The summed E-state index contributed by atoms with van der Waals surface area (Å²) in [7, 11) is -0.0119. The molecular weight excluding hydrogens is 363 g/mol. The van der Waals surface area contributed by atoms with Crippen LogP contribution in [0.4, 0.5) is 4.79 Å². The van der Waals surface area contributed by atoms with Gasteiger partial charge in [-0.25, -0.2) is 4.79 Å². The van der Waals surface area contributed by atoms with Crippen molar-refractivity contribution >= 4 is 26.0 Å². The summed E-state index contributed by atoms with van der Waals surface area (Å²) in [6.07, 6.45) is -4.30. The van der Waals surface area contributed by atoms with E-state index in [2.05, 4.69) is 24.4 Å². The van der Waals surface area contributed by atoms with Crippen molar-refractivity contribution in [3.05, 3.63) is 0 Å². The first-order valence-corrected chi connectivity index (χ1v) is 11.1. The van der Waals surface area contributed by atoms with Crippen molar-refractivity contribution in [1.29, 1.82) is 0 Å². The van der Waals surface area contributed by atoms with E-state index in [0.717, 1.165) is 6.04 Å². The van der Waals surface area contributed by atoms with E-state index in [1.165, 1.54) is 7.11 Å². The molecule has 0 heterocycles. The van der Waals surface area contributed by atoms with Crippen molar-refractivity contribution in [2.45, 2.75) is 44.3 Å². The van der Waals surface area contributed by atoms with E-state index >= 15 is 0 Å². The number of hydrogen-bond acceptors (Lipinski definition) is 9. The Balaban J connectivity index is 0. The topological polar surface area (TPSA) is 131 Å². The summed E-state index contributed by atoms with van der Waals surface area (Å²) in [5.74, 6) is -3.20. The molecule has 0 aromatic heterocycles. The van der Waals surface area contributed by atoms with Crippen LogP contribution in [0, 0.1) is 0 Å². The monoisotopic (exact) mass is 388 g/mol. The number of Topliss-reactive ketones (excluding diaryl/α,β-unsaturated/α-hetero) is 1. The first-order valence-electron chi connectivity index (χ1n) is 7.39. The second-order valence-electron chi connectivity index (χ2n) is 6.31. The Hall–Kier alpha value is -0.493. The van der Waals surface area contributed by atoms with Crippen LogP contribution in [0.25, 0.3) is 0 Å². The predicted molar refractivity (Wildman–Crippen MR) is 82.8 cm³/mol. The summed E-state index contributed by atoms with van der Waals surface area (Å²) >= 11 is 0. The van der Waals surface area contributed by atoms with E-state index in [-0.39, 0.29) is 43.0 Å². The summed E-state index contributed by atoms with van der Waals surface area (Å²) in [4.78, 5) is 33.0. The number of carboxylic acid groups (broad SMARTS) is 1. The van der Waals surface area contributed by atoms with Gasteiger partial charge in [-0.15, -0.1) is 0 Å². The Bertz CT molecular complexity index is 425. The number of ether oxygens (including phenoxy) is 4. The van der Waals surface area contributed by atoms with Gasteiger partial charge in [0.2, 0.25) is 0 Å². The minimum absolute atomic E-state index is 0. The van der Waals surface area contributed by atoms with E-state index < -0.39 is 51.2 Å². The maximum absolute atomic E-state index is 11.5. The van der Waals surface area contributed by atoms with Crippen LogP contribution in [-0.4, -0.2) is 70.4 Å². The molecule has 0 aliphatic heterocycles. The third kappa shape index (κ3) is 14.4. The second kappa shape index (κ2) is 13.7. The van der Waals surface area contributed by atoms with E-state index in [4.69, 9.17) is 14.2 Å². The van der Waals surface area contributed by atoms with Crippen molar-refractivity contribution in [2.75, 3.05) is 27.1 Å². The van der Waals surface area contributed by atoms with Gasteiger partial charge in [0.25, 0.3) is 0 Å². The van der Waals surface area contributed by atoms with Crippen LogP contribution in [0.2, 0.25) is 25.7 Å². The molecule has 0 rings (SSSR count). The van der Waals surface area contributed by atoms with Gasteiger partial charge in [0, 0.05) is 21.6 Å². The van der Waals surface area contributed by atoms with Gasteiger partial charge < -0.3 is 34.0 Å². The van der Waals surface area contributed by atoms with Crippen molar-refractivity contribution in [1.82, 2.24) is 0 Å². The maximum atomic E-state index is 11.5. The fourth-order valence-electron chi connectivity index (χ4n) is 1.46. The molecule has 0 bridgehead atoms. The molecule has 0 fully saturated rings. The van der Waals surface area contributed by atoms with Crippen molar-refractivity contribution < 1.29 is 73.1 Å². The van der Waals surface area contributed by atoms with Crippen LogP contribution in [0.3, 0.4) is 0 Å². The van der Waals surface area contributed by atoms with Gasteiger partial charge in [-0.2, -0.15) is 0 Å². The van der Waals surface area contributed by atoms with Crippen molar-refractivity contribution in [3.63, 3.8) is 0 Å². The summed E-state index contributed by atoms with van der Waals surface area (Å²) < 4.78 is 19.5. The smallest absolute Gasteiger partial charge is 0.542 e. The number of carbonyl (C=O) groups is 3. The molecule has 9 nitrogen and oxygen atoms in total. The minimum atomic E-state index is -1.91. The maximum Gasteiger partial charge on any atom is 1.00 e. The number of methoxy groups -OCH3 is 1. The Morgan fingerprint density at radius 2 is 1.76 bits per heavy atom. The number of aliphatic carboxylic acids is 1. The molecule has 0 aromatic carbocycles. The number of ketones is 1. The molecule has 0 saturated heterocycles. The average Bonchev–Trinajstić information content (AvgIpc) is 2.45. The second-order valence-corrected chi connectivity index (χ2v) is 11.9. The third-order valence-electron chi connectivity index (χ3n) is 2.89. The number of hydrogen-bond donors (Lipinski definition) is 1. The Labute approximate surface area is 170 Å². The number of rotatable bonds is 12. The van der Waals surface area contributed by atoms with Gasteiger partial charge in [0.15, 0.2) is 5.78 Å². The molecule has 1 unspecified atom stereocenters. The molecule has 0 radical (unpaired) electrons. The zero-order valence-electron chi connectivity index (χ0n) is 15.4. The van der Waals surface area contributed by atoms with E-state index in [0.29, 0.717) is 0 Å². The van der Waals surface area contributed by atoms with E-state index in [9.17, 15) is 24.6 Å². The van der Waals surface area contributed by atoms with Crippen LogP contribution in [-0.2, 0) is 28.5 Å². The normalized spacial score (nSPS) is 13.3. The molecule has 0 aliphatic rings. The molecule has 0 aromatic rings. The Morgan fingerprint density at radius 3 is 2.24 bits per heavy atom. The molecule has 140 valence electrons. The largest absolute Gasteiger partial charge is 1.00 e. The summed E-state index contributed by atoms with van der Waals surface area (Å²) in [5.41, 5.74) is 0. The molecule has 25 heavy (non-hydrogen) atoms. The van der Waals surface area contributed by atoms with Gasteiger partial charge in [0.1, 0.15) is 25.5 Å². The van der Waals surface area contributed by atoms with Crippen LogP contribution >= 0.6 is 0 Å². The van der Waals surface area contributed by atoms with Crippen molar-refractivity contribution in [2.24, 2.45) is 0 Å². The zero-order chi connectivity index (χ0) is 18.8. The van der Waals surface area contributed by atoms with Crippen molar-refractivity contribution in [3.8, 4) is 0 Å². The first kappa shape index (κ1) is 26.7. The fourth-order valence-corrected chi connectivity index (χ4v) is 2.18. The van der Waals surface area contributed by atoms with Gasteiger partial charge in [0.05, 0.1) is 12.7 Å². The quantitative estimate of drug-likeness (QED) is 0.157. The zero-order valence-corrected chi connectivity index (χ0v) is 18.4. The number of carboxylic acids is 1. The standard InChI is InChI=1S/C14H26O9Si.Na/c1-20-9-23-12(10(15)7-11(16)13(17)18)8-22-14(19)21-5-6-24(2,3)4;/h10,12,15H,5-9H2,1-4H3,(H,17,18);/q;+1/p-1/t10-,12?;/m0./s1. The van der Waals surface area contributed by atoms with Gasteiger partial charge in [-0.3, -0.25) is 4.79 Å². The molecule has 11 heteroatoms. The number of carbonyl (C=O) groups excluding carboxylic acids is 3. The Kier molecular flexibility index (Phi) is 14.6. The third-order valence-corrected chi connectivity index (χ3v) is 4.59. The minimum Gasteiger partial charge on any atom is -0.542 e. The van der Waals surface area contributed by atoms with E-state index in [1.54, 1.807) is 0 Å². The van der Waals surface area contributed by atoms with E-state index in [1.807, 2.05) is 0 Å². The van der Waals surface area contributed by atoms with Crippen LogP contribution in [0.15, 0.2) is 0 Å². The molecule has 0 saturated carbocycles. The van der Waals surface area contributed by atoms with Crippen LogP contribution < -0.4 is 34.7 Å². The molecule has 1 N–H and O–H groups in total. The van der Waals surface area contributed by atoms with Gasteiger partial charge in [-0.1, -0.05) is 19.6 Å². The molecule has 0 aliphatic carbocycles. The van der Waals surface area contributed by atoms with Crippen LogP contribution in [0.5, 0.6) is 0 Å². The van der Waals surface area contributed by atoms with Gasteiger partial charge >= 0.3 is 35.7 Å². The molecule has 2 atom stereocenters. The first-order chi connectivity index (χ1) is 11.1. The van der Waals surface area contributed by atoms with Gasteiger partial charge in [-0.05, 0) is 6.04 Å². The molecule has 0 amide bonds. The fraction of sp³-hybridized carbons (Fsp3) is 0.786. The average molecular weight is 388 g/mol. The number of aliphatic hydroxyl groups excluding tert-OH is 1. The predicted octanol–water partition coefficient (Wildman–Crippen LogP) is -3.46. The molecule has 0 spiro atoms. The van der Waals surface area contributed by atoms with Crippen LogP contribution in [0.1, 0.15) is 6.42 Å². The number of aliphatic hydroxyl groups is 1. The summed E-state index contributed by atoms with van der Waals surface area (Å²) in [5, 5.41) is 20.2. The Morgan fingerprint density at radius 1 is 1.16 bits per heavy atom.